The van der Waals surface area contributed by atoms with Gasteiger partial charge in [0.2, 0.25) is 0 Å². The highest BCUT2D eigenvalue weighted by Gasteiger charge is 2.18. The number of aryl methyl sites for hydroxylation is 1. The van der Waals surface area contributed by atoms with Crippen LogP contribution in [0.1, 0.15) is 27.6 Å². The lowest BCUT2D eigenvalue weighted by molar-refractivity contribution is 0.0911. The lowest BCUT2D eigenvalue weighted by Crippen LogP contribution is -2.29. The largest absolute Gasteiger partial charge is 0.508 e. The van der Waals surface area contributed by atoms with Crippen LogP contribution in [0.5, 0.6) is 5.75 Å². The maximum atomic E-state index is 13.5. The molecule has 0 aliphatic carbocycles. The number of carbonyl (C=O) groups excluding carboxylic acids is 1. The van der Waals surface area contributed by atoms with Crippen molar-refractivity contribution in [3.8, 4) is 5.75 Å². The molecular weight excluding hydrogens is 292 g/mol. The highest BCUT2D eigenvalue weighted by Crippen LogP contribution is 2.20. The second kappa shape index (κ2) is 6.53. The molecule has 3 N–H and O–H groups in total. The van der Waals surface area contributed by atoms with Gasteiger partial charge in [0.1, 0.15) is 23.5 Å². The molecule has 0 saturated carbocycles. The van der Waals surface area contributed by atoms with Crippen LogP contribution in [-0.2, 0) is 0 Å². The Morgan fingerprint density at radius 3 is 2.45 bits per heavy atom. The fraction of sp³-hybridized carbons (Fsp3) is 0.188. The summed E-state index contributed by atoms with van der Waals surface area (Å²) in [5, 5.41) is 21.7. The van der Waals surface area contributed by atoms with Crippen molar-refractivity contribution in [3.63, 3.8) is 0 Å². The molecule has 22 heavy (non-hydrogen) atoms. The predicted molar refractivity (Wildman–Crippen MR) is 76.5 cm³/mol. The fourth-order valence-corrected chi connectivity index (χ4v) is 2.12. The zero-order chi connectivity index (χ0) is 16.3. The highest BCUT2D eigenvalue weighted by atomic mass is 19.1. The van der Waals surface area contributed by atoms with Crippen molar-refractivity contribution in [2.75, 3.05) is 6.54 Å². The lowest BCUT2D eigenvalue weighted by atomic mass is 10.1. The first-order valence-corrected chi connectivity index (χ1v) is 6.59. The number of hydrogen-bond donors (Lipinski definition) is 3. The summed E-state index contributed by atoms with van der Waals surface area (Å²) in [7, 11) is 0. The minimum atomic E-state index is -1.51. The van der Waals surface area contributed by atoms with Gasteiger partial charge in [-0.2, -0.15) is 0 Å². The van der Waals surface area contributed by atoms with Crippen molar-refractivity contribution >= 4 is 5.91 Å². The van der Waals surface area contributed by atoms with Gasteiger partial charge in [-0.25, -0.2) is 8.78 Å². The number of aliphatic hydroxyl groups excluding tert-OH is 1. The average molecular weight is 307 g/mol. The number of amides is 1. The summed E-state index contributed by atoms with van der Waals surface area (Å²) >= 11 is 0. The number of benzene rings is 2. The summed E-state index contributed by atoms with van der Waals surface area (Å²) in [5.74, 6) is -2.38. The van der Waals surface area contributed by atoms with E-state index in [4.69, 9.17) is 0 Å². The Morgan fingerprint density at radius 1 is 1.23 bits per heavy atom. The third kappa shape index (κ3) is 3.59. The Kier molecular flexibility index (Phi) is 4.72. The maximum absolute atomic E-state index is 13.5. The summed E-state index contributed by atoms with van der Waals surface area (Å²) in [5.41, 5.74) is 0.388. The SMILES string of the molecule is Cc1cc(O)cc(C(=O)NCC(O)c2c(F)cccc2F)c1. The number of phenols is 1. The van der Waals surface area contributed by atoms with Crippen LogP contribution >= 0.6 is 0 Å². The van der Waals surface area contributed by atoms with Gasteiger partial charge in [0.25, 0.3) is 5.91 Å². The summed E-state index contributed by atoms with van der Waals surface area (Å²) < 4.78 is 27.0. The third-order valence-corrected chi connectivity index (χ3v) is 3.11. The first-order valence-electron chi connectivity index (χ1n) is 6.59. The maximum Gasteiger partial charge on any atom is 0.251 e. The summed E-state index contributed by atoms with van der Waals surface area (Å²) in [6.45, 7) is 1.35. The molecule has 1 atom stereocenters. The van der Waals surface area contributed by atoms with Gasteiger partial charge in [0.15, 0.2) is 0 Å². The molecule has 0 aromatic heterocycles. The topological polar surface area (TPSA) is 69.6 Å². The number of hydrogen-bond acceptors (Lipinski definition) is 3. The van der Waals surface area contributed by atoms with Gasteiger partial charge in [0, 0.05) is 12.1 Å². The second-order valence-corrected chi connectivity index (χ2v) is 4.92. The van der Waals surface area contributed by atoms with E-state index in [9.17, 15) is 23.8 Å². The van der Waals surface area contributed by atoms with Gasteiger partial charge >= 0.3 is 0 Å². The molecule has 2 rings (SSSR count). The quantitative estimate of drug-likeness (QED) is 0.812. The van der Waals surface area contributed by atoms with Gasteiger partial charge in [-0.3, -0.25) is 4.79 Å². The van der Waals surface area contributed by atoms with Crippen molar-refractivity contribution in [2.24, 2.45) is 0 Å². The Bertz CT molecular complexity index is 663. The lowest BCUT2D eigenvalue weighted by Gasteiger charge is -2.14. The number of rotatable bonds is 4. The number of aromatic hydroxyl groups is 1. The van der Waals surface area contributed by atoms with Crippen molar-refractivity contribution in [1.29, 1.82) is 0 Å². The molecule has 0 bridgehead atoms. The van der Waals surface area contributed by atoms with Gasteiger partial charge in [-0.05, 0) is 42.8 Å². The first kappa shape index (κ1) is 15.9. The minimum absolute atomic E-state index is 0.0640. The first-order chi connectivity index (χ1) is 10.4. The third-order valence-electron chi connectivity index (χ3n) is 3.11. The van der Waals surface area contributed by atoms with E-state index >= 15 is 0 Å². The summed E-state index contributed by atoms with van der Waals surface area (Å²) in [4.78, 5) is 11.9. The smallest absolute Gasteiger partial charge is 0.251 e. The number of aliphatic hydroxyl groups is 1. The van der Waals surface area contributed by atoms with Crippen molar-refractivity contribution in [1.82, 2.24) is 5.32 Å². The van der Waals surface area contributed by atoms with Gasteiger partial charge in [-0.1, -0.05) is 6.07 Å². The van der Waals surface area contributed by atoms with E-state index < -0.39 is 29.2 Å². The van der Waals surface area contributed by atoms with E-state index in [0.717, 1.165) is 12.1 Å². The fourth-order valence-electron chi connectivity index (χ4n) is 2.12. The Balaban J connectivity index is 2.07. The standard InChI is InChI=1S/C16H15F2NO3/c1-9-5-10(7-11(20)6-9)16(22)19-8-14(21)15-12(17)3-2-4-13(15)18/h2-7,14,20-21H,8H2,1H3,(H,19,22). The van der Waals surface area contributed by atoms with Crippen LogP contribution in [0, 0.1) is 18.6 Å². The number of carbonyl (C=O) groups is 1. The van der Waals surface area contributed by atoms with E-state index in [-0.39, 0.29) is 17.9 Å². The zero-order valence-electron chi connectivity index (χ0n) is 11.8. The average Bonchev–Trinajstić information content (AvgIpc) is 2.43. The van der Waals surface area contributed by atoms with Crippen molar-refractivity contribution in [3.05, 3.63) is 64.7 Å². The predicted octanol–water partition coefficient (Wildman–Crippen LogP) is 2.44. The van der Waals surface area contributed by atoms with E-state index in [1.165, 1.54) is 18.2 Å². The van der Waals surface area contributed by atoms with E-state index in [1.54, 1.807) is 13.0 Å². The molecule has 0 heterocycles. The zero-order valence-corrected chi connectivity index (χ0v) is 11.8. The molecule has 4 nitrogen and oxygen atoms in total. The Morgan fingerprint density at radius 2 is 1.86 bits per heavy atom. The molecule has 6 heteroatoms. The molecule has 0 saturated heterocycles. The summed E-state index contributed by atoms with van der Waals surface area (Å²) in [6.07, 6.45) is -1.51. The van der Waals surface area contributed by atoms with Crippen LogP contribution < -0.4 is 5.32 Å². The Labute approximate surface area is 126 Å². The molecule has 0 radical (unpaired) electrons. The molecule has 0 aliphatic rings. The molecule has 2 aromatic carbocycles. The van der Waals surface area contributed by atoms with E-state index in [1.807, 2.05) is 0 Å². The van der Waals surface area contributed by atoms with Crippen LogP contribution in [0.4, 0.5) is 8.78 Å². The van der Waals surface area contributed by atoms with Gasteiger partial charge in [-0.15, -0.1) is 0 Å². The molecule has 2 aromatic rings. The van der Waals surface area contributed by atoms with Gasteiger partial charge in [0.05, 0.1) is 5.56 Å². The normalized spacial score (nSPS) is 12.0. The molecule has 116 valence electrons. The van der Waals surface area contributed by atoms with Gasteiger partial charge < -0.3 is 15.5 Å². The van der Waals surface area contributed by atoms with Crippen LogP contribution in [-0.4, -0.2) is 22.7 Å². The van der Waals surface area contributed by atoms with Crippen molar-refractivity contribution in [2.45, 2.75) is 13.0 Å². The summed E-state index contributed by atoms with van der Waals surface area (Å²) in [6, 6.07) is 7.54. The molecule has 1 amide bonds. The Hall–Kier alpha value is -2.47. The molecule has 0 spiro atoms. The monoisotopic (exact) mass is 307 g/mol. The number of halogens is 2. The van der Waals surface area contributed by atoms with Crippen LogP contribution in [0.3, 0.4) is 0 Å². The number of nitrogens with one attached hydrogen (secondary N) is 1. The van der Waals surface area contributed by atoms with Crippen molar-refractivity contribution < 1.29 is 23.8 Å². The minimum Gasteiger partial charge on any atom is -0.508 e. The van der Waals surface area contributed by atoms with E-state index in [0.29, 0.717) is 5.56 Å². The van der Waals surface area contributed by atoms with Crippen LogP contribution in [0.25, 0.3) is 0 Å². The highest BCUT2D eigenvalue weighted by molar-refractivity contribution is 5.94. The molecular formula is C16H15F2NO3. The second-order valence-electron chi connectivity index (χ2n) is 4.92. The molecule has 0 aliphatic heterocycles. The number of phenolic OH excluding ortho intramolecular Hbond substituents is 1. The molecule has 0 fully saturated rings. The van der Waals surface area contributed by atoms with E-state index in [2.05, 4.69) is 5.32 Å². The van der Waals surface area contributed by atoms with Crippen LogP contribution in [0.2, 0.25) is 0 Å². The van der Waals surface area contributed by atoms with Crippen LogP contribution in [0.15, 0.2) is 36.4 Å². The molecule has 1 unspecified atom stereocenters.